The van der Waals surface area contributed by atoms with E-state index in [0.717, 1.165) is 24.4 Å². The summed E-state index contributed by atoms with van der Waals surface area (Å²) in [4.78, 5) is 11.7. The van der Waals surface area contributed by atoms with E-state index in [1.165, 1.54) is 0 Å². The predicted molar refractivity (Wildman–Crippen MR) is 75.3 cm³/mol. The molecule has 1 N–H and O–H groups in total. The van der Waals surface area contributed by atoms with Crippen molar-refractivity contribution in [2.45, 2.75) is 19.4 Å². The molecule has 1 aromatic heterocycles. The van der Waals surface area contributed by atoms with Crippen LogP contribution in [0.3, 0.4) is 0 Å². The fraction of sp³-hybridized carbons (Fsp3) is 0.267. The summed E-state index contributed by atoms with van der Waals surface area (Å²) >= 11 is 0. The highest BCUT2D eigenvalue weighted by molar-refractivity contribution is 5.90. The van der Waals surface area contributed by atoms with Crippen LogP contribution in [-0.4, -0.2) is 17.6 Å². The fourth-order valence-electron chi connectivity index (χ4n) is 1.84. The van der Waals surface area contributed by atoms with Crippen molar-refractivity contribution in [3.63, 3.8) is 0 Å². The van der Waals surface area contributed by atoms with Crippen molar-refractivity contribution in [1.82, 2.24) is 4.57 Å². The van der Waals surface area contributed by atoms with Crippen LogP contribution in [-0.2, 0) is 11.3 Å². The van der Waals surface area contributed by atoms with Gasteiger partial charge in [-0.05, 0) is 42.8 Å². The van der Waals surface area contributed by atoms with Crippen LogP contribution in [0.5, 0.6) is 5.75 Å². The minimum atomic E-state index is 0.0392. The van der Waals surface area contributed by atoms with Crippen molar-refractivity contribution in [3.8, 4) is 5.75 Å². The Kier molecular flexibility index (Phi) is 4.61. The number of aryl methyl sites for hydroxylation is 1. The molecule has 100 valence electrons. The Bertz CT molecular complexity index is 503. The average Bonchev–Trinajstić information content (AvgIpc) is 2.93. The number of anilines is 1. The summed E-state index contributed by atoms with van der Waals surface area (Å²) in [6.45, 7) is 0.864. The summed E-state index contributed by atoms with van der Waals surface area (Å²) in [7, 11) is 1.62. The molecule has 0 bridgehead atoms. The van der Waals surface area contributed by atoms with Gasteiger partial charge in [0.05, 0.1) is 7.11 Å². The van der Waals surface area contributed by atoms with Gasteiger partial charge < -0.3 is 14.6 Å². The smallest absolute Gasteiger partial charge is 0.224 e. The van der Waals surface area contributed by atoms with Crippen LogP contribution in [0.25, 0.3) is 0 Å². The van der Waals surface area contributed by atoms with Crippen molar-refractivity contribution in [2.75, 3.05) is 12.4 Å². The van der Waals surface area contributed by atoms with Gasteiger partial charge in [-0.15, -0.1) is 0 Å². The molecular formula is C15H18N2O2. The van der Waals surface area contributed by atoms with Crippen molar-refractivity contribution in [2.24, 2.45) is 0 Å². The minimum Gasteiger partial charge on any atom is -0.497 e. The van der Waals surface area contributed by atoms with Gasteiger partial charge in [-0.3, -0.25) is 4.79 Å². The van der Waals surface area contributed by atoms with E-state index in [2.05, 4.69) is 9.88 Å². The maximum absolute atomic E-state index is 11.7. The second-order valence-corrected chi connectivity index (χ2v) is 4.30. The third kappa shape index (κ3) is 4.17. The highest BCUT2D eigenvalue weighted by Crippen LogP contribution is 2.15. The number of hydrogen-bond donors (Lipinski definition) is 1. The zero-order valence-electron chi connectivity index (χ0n) is 11.0. The van der Waals surface area contributed by atoms with E-state index in [1.54, 1.807) is 7.11 Å². The van der Waals surface area contributed by atoms with Gasteiger partial charge in [0.1, 0.15) is 5.75 Å². The summed E-state index contributed by atoms with van der Waals surface area (Å²) < 4.78 is 7.14. The first-order valence-corrected chi connectivity index (χ1v) is 6.32. The maximum Gasteiger partial charge on any atom is 0.224 e. The topological polar surface area (TPSA) is 43.3 Å². The molecule has 1 aromatic carbocycles. The highest BCUT2D eigenvalue weighted by atomic mass is 16.5. The molecule has 0 atom stereocenters. The summed E-state index contributed by atoms with van der Waals surface area (Å²) in [5, 5.41) is 2.87. The Morgan fingerprint density at radius 1 is 1.21 bits per heavy atom. The standard InChI is InChI=1S/C15H18N2O2/c1-19-14-8-6-13(7-9-14)16-15(18)5-4-12-17-10-2-3-11-17/h2-3,6-11H,4-5,12H2,1H3,(H,16,18). The second-order valence-electron chi connectivity index (χ2n) is 4.30. The van der Waals surface area contributed by atoms with E-state index in [9.17, 15) is 4.79 Å². The van der Waals surface area contributed by atoms with Gasteiger partial charge in [0.15, 0.2) is 0 Å². The molecule has 1 heterocycles. The van der Waals surface area contributed by atoms with E-state index in [0.29, 0.717) is 6.42 Å². The third-order valence-corrected chi connectivity index (χ3v) is 2.86. The Hall–Kier alpha value is -2.23. The van der Waals surface area contributed by atoms with E-state index in [4.69, 9.17) is 4.74 Å². The van der Waals surface area contributed by atoms with Crippen molar-refractivity contribution in [3.05, 3.63) is 48.8 Å². The average molecular weight is 258 g/mol. The number of carbonyl (C=O) groups excluding carboxylic acids is 1. The Balaban J connectivity index is 1.74. The third-order valence-electron chi connectivity index (χ3n) is 2.86. The quantitative estimate of drug-likeness (QED) is 0.865. The number of methoxy groups -OCH3 is 1. The number of ether oxygens (including phenoxy) is 1. The number of carbonyl (C=O) groups is 1. The zero-order valence-corrected chi connectivity index (χ0v) is 11.0. The number of benzene rings is 1. The van der Waals surface area contributed by atoms with E-state index >= 15 is 0 Å². The first-order valence-electron chi connectivity index (χ1n) is 6.32. The van der Waals surface area contributed by atoms with Crippen LogP contribution in [0.1, 0.15) is 12.8 Å². The lowest BCUT2D eigenvalue weighted by molar-refractivity contribution is -0.116. The number of hydrogen-bond acceptors (Lipinski definition) is 2. The number of nitrogens with zero attached hydrogens (tertiary/aromatic N) is 1. The van der Waals surface area contributed by atoms with E-state index < -0.39 is 0 Å². The second kappa shape index (κ2) is 6.64. The molecule has 2 aromatic rings. The van der Waals surface area contributed by atoms with Crippen LogP contribution >= 0.6 is 0 Å². The first-order chi connectivity index (χ1) is 9.28. The minimum absolute atomic E-state index is 0.0392. The van der Waals surface area contributed by atoms with Crippen molar-refractivity contribution in [1.29, 1.82) is 0 Å². The summed E-state index contributed by atoms with van der Waals surface area (Å²) in [5.41, 5.74) is 0.798. The van der Waals surface area contributed by atoms with Crippen LogP contribution in [0.4, 0.5) is 5.69 Å². The monoisotopic (exact) mass is 258 g/mol. The molecule has 4 heteroatoms. The lowest BCUT2D eigenvalue weighted by Crippen LogP contribution is -2.12. The number of amides is 1. The molecule has 0 saturated carbocycles. The van der Waals surface area contributed by atoms with Gasteiger partial charge in [-0.1, -0.05) is 0 Å². The molecule has 0 aliphatic carbocycles. The highest BCUT2D eigenvalue weighted by Gasteiger charge is 2.02. The van der Waals surface area contributed by atoms with E-state index in [-0.39, 0.29) is 5.91 Å². The van der Waals surface area contributed by atoms with Gasteiger partial charge in [0.25, 0.3) is 0 Å². The summed E-state index contributed by atoms with van der Waals surface area (Å²) in [6.07, 6.45) is 5.35. The molecule has 0 fully saturated rings. The lowest BCUT2D eigenvalue weighted by atomic mass is 10.2. The molecule has 19 heavy (non-hydrogen) atoms. The SMILES string of the molecule is COc1ccc(NC(=O)CCCn2cccc2)cc1. The summed E-state index contributed by atoms with van der Waals surface area (Å²) in [6, 6.07) is 11.3. The van der Waals surface area contributed by atoms with Gasteiger partial charge in [-0.2, -0.15) is 0 Å². The Morgan fingerprint density at radius 3 is 2.53 bits per heavy atom. The normalized spacial score (nSPS) is 10.2. The molecule has 0 saturated heterocycles. The number of rotatable bonds is 6. The molecular weight excluding hydrogens is 240 g/mol. The molecule has 0 aliphatic heterocycles. The van der Waals surface area contributed by atoms with E-state index in [1.807, 2.05) is 48.8 Å². The van der Waals surface area contributed by atoms with Gasteiger partial charge in [0.2, 0.25) is 5.91 Å². The number of nitrogens with one attached hydrogen (secondary N) is 1. The molecule has 2 rings (SSSR count). The van der Waals surface area contributed by atoms with Crippen molar-refractivity contribution >= 4 is 11.6 Å². The van der Waals surface area contributed by atoms with Crippen molar-refractivity contribution < 1.29 is 9.53 Å². The molecule has 0 spiro atoms. The van der Waals surface area contributed by atoms with Crippen LogP contribution < -0.4 is 10.1 Å². The largest absolute Gasteiger partial charge is 0.497 e. The number of aromatic nitrogens is 1. The zero-order chi connectivity index (χ0) is 13.5. The van der Waals surface area contributed by atoms with Crippen LogP contribution in [0.2, 0.25) is 0 Å². The predicted octanol–water partition coefficient (Wildman–Crippen LogP) is 2.92. The maximum atomic E-state index is 11.7. The first kappa shape index (κ1) is 13.2. The van der Waals surface area contributed by atoms with Gasteiger partial charge >= 0.3 is 0 Å². The fourth-order valence-corrected chi connectivity index (χ4v) is 1.84. The van der Waals surface area contributed by atoms with Gasteiger partial charge in [0, 0.05) is 31.0 Å². The lowest BCUT2D eigenvalue weighted by Gasteiger charge is -2.06. The Labute approximate surface area is 113 Å². The Morgan fingerprint density at radius 2 is 1.89 bits per heavy atom. The molecule has 0 radical (unpaired) electrons. The van der Waals surface area contributed by atoms with Crippen LogP contribution in [0, 0.1) is 0 Å². The molecule has 4 nitrogen and oxygen atoms in total. The van der Waals surface area contributed by atoms with Crippen LogP contribution in [0.15, 0.2) is 48.8 Å². The molecule has 0 aliphatic rings. The summed E-state index contributed by atoms with van der Waals surface area (Å²) in [5.74, 6) is 0.822. The molecule has 0 unspecified atom stereocenters. The van der Waals surface area contributed by atoms with Gasteiger partial charge in [-0.25, -0.2) is 0 Å². The molecule has 1 amide bonds.